The minimum Gasteiger partial charge on any atom is -0.493 e. The highest BCUT2D eigenvalue weighted by Crippen LogP contribution is 2.41. The quantitative estimate of drug-likeness (QED) is 0.917. The molecule has 0 aliphatic heterocycles. The first-order valence-corrected chi connectivity index (χ1v) is 6.83. The monoisotopic (exact) mass is 289 g/mol. The van der Waals surface area contributed by atoms with Crippen molar-refractivity contribution in [1.29, 1.82) is 0 Å². The van der Waals surface area contributed by atoms with Gasteiger partial charge in [0, 0.05) is 23.9 Å². The Bertz CT molecular complexity index is 639. The van der Waals surface area contributed by atoms with E-state index in [1.807, 2.05) is 31.2 Å². The lowest BCUT2D eigenvalue weighted by molar-refractivity contribution is 0.201. The average Bonchev–Trinajstić information content (AvgIpc) is 2.53. The molecule has 112 valence electrons. The Kier molecular flexibility index (Phi) is 4.87. The van der Waals surface area contributed by atoms with Gasteiger partial charge in [-0.25, -0.2) is 4.79 Å². The minimum atomic E-state index is -0.541. The summed E-state index contributed by atoms with van der Waals surface area (Å²) in [5, 5.41) is 4.08. The smallest absolute Gasteiger partial charge is 0.412 e. The van der Waals surface area contributed by atoms with Crippen molar-refractivity contribution in [2.24, 2.45) is 0 Å². The summed E-state index contributed by atoms with van der Waals surface area (Å²) >= 11 is 0. The Morgan fingerprint density at radius 1 is 1.19 bits per heavy atom. The molecule has 5 nitrogen and oxygen atoms in total. The normalized spacial score (nSPS) is 10.2. The first-order valence-electron chi connectivity index (χ1n) is 6.83. The van der Waals surface area contributed by atoms with Crippen LogP contribution in [0.5, 0.6) is 17.2 Å². The molecule has 0 fully saturated rings. The van der Waals surface area contributed by atoms with Crippen LogP contribution in [0.4, 0.5) is 4.79 Å². The van der Waals surface area contributed by atoms with Gasteiger partial charge in [0.15, 0.2) is 11.5 Å². The topological polar surface area (TPSA) is 56.8 Å². The van der Waals surface area contributed by atoms with Crippen LogP contribution in [-0.4, -0.2) is 26.9 Å². The highest BCUT2D eigenvalue weighted by molar-refractivity contribution is 5.97. The first kappa shape index (κ1) is 15.0. The summed E-state index contributed by atoms with van der Waals surface area (Å²) in [5.41, 5.74) is 0. The first-order chi connectivity index (χ1) is 10.2. The van der Waals surface area contributed by atoms with E-state index in [0.29, 0.717) is 23.9 Å². The molecule has 2 aromatic rings. The van der Waals surface area contributed by atoms with E-state index in [4.69, 9.17) is 14.2 Å². The molecule has 0 aliphatic carbocycles. The fourth-order valence-electron chi connectivity index (χ4n) is 2.02. The molecular weight excluding hydrogens is 270 g/mol. The second-order valence-electron chi connectivity index (χ2n) is 4.44. The van der Waals surface area contributed by atoms with Crippen LogP contribution in [-0.2, 0) is 0 Å². The lowest BCUT2D eigenvalue weighted by Crippen LogP contribution is -2.22. The van der Waals surface area contributed by atoms with Gasteiger partial charge >= 0.3 is 6.09 Å². The van der Waals surface area contributed by atoms with Gasteiger partial charge < -0.3 is 19.5 Å². The molecule has 1 amide bonds. The summed E-state index contributed by atoms with van der Waals surface area (Å²) in [5.74, 6) is 1.56. The van der Waals surface area contributed by atoms with Crippen LogP contribution >= 0.6 is 0 Å². The van der Waals surface area contributed by atoms with Gasteiger partial charge in [0.1, 0.15) is 5.75 Å². The maximum atomic E-state index is 11.5. The summed E-state index contributed by atoms with van der Waals surface area (Å²) < 4.78 is 16.4. The lowest BCUT2D eigenvalue weighted by Gasteiger charge is -2.15. The number of nitrogens with one attached hydrogen (secondary N) is 1. The summed E-state index contributed by atoms with van der Waals surface area (Å²) in [6.45, 7) is 2.66. The van der Waals surface area contributed by atoms with Gasteiger partial charge in [0.2, 0.25) is 0 Å². The van der Waals surface area contributed by atoms with Gasteiger partial charge in [0.25, 0.3) is 0 Å². The number of amides is 1. The van der Waals surface area contributed by atoms with Crippen molar-refractivity contribution >= 4 is 16.9 Å². The van der Waals surface area contributed by atoms with Crippen molar-refractivity contribution in [3.05, 3.63) is 30.3 Å². The maximum absolute atomic E-state index is 11.5. The Hall–Kier alpha value is -2.43. The second-order valence-corrected chi connectivity index (χ2v) is 4.44. The standard InChI is InChI=1S/C16H19NO4/c1-4-9-20-13-10-14(19-3)15(21-16(18)17-2)12-8-6-5-7-11(12)13/h5-8,10H,4,9H2,1-3H3,(H,17,18). The van der Waals surface area contributed by atoms with Crippen molar-refractivity contribution in [2.45, 2.75) is 13.3 Å². The predicted octanol–water partition coefficient (Wildman–Crippen LogP) is 3.36. The molecule has 0 spiro atoms. The third kappa shape index (κ3) is 3.18. The van der Waals surface area contributed by atoms with Crippen molar-refractivity contribution in [1.82, 2.24) is 5.32 Å². The van der Waals surface area contributed by atoms with E-state index in [1.165, 1.54) is 14.2 Å². The van der Waals surface area contributed by atoms with Crippen LogP contribution in [0.15, 0.2) is 30.3 Å². The van der Waals surface area contributed by atoms with Gasteiger partial charge in [-0.3, -0.25) is 0 Å². The maximum Gasteiger partial charge on any atom is 0.412 e. The van der Waals surface area contributed by atoms with E-state index in [9.17, 15) is 4.79 Å². The largest absolute Gasteiger partial charge is 0.493 e. The fourth-order valence-corrected chi connectivity index (χ4v) is 2.02. The molecule has 0 aliphatic rings. The zero-order chi connectivity index (χ0) is 15.2. The molecule has 0 bridgehead atoms. The van der Waals surface area contributed by atoms with Crippen LogP contribution in [0, 0.1) is 0 Å². The number of hydrogen-bond donors (Lipinski definition) is 1. The van der Waals surface area contributed by atoms with Gasteiger partial charge in [-0.2, -0.15) is 0 Å². The molecule has 2 aromatic carbocycles. The fraction of sp³-hybridized carbons (Fsp3) is 0.312. The van der Waals surface area contributed by atoms with Crippen molar-refractivity contribution in [3.63, 3.8) is 0 Å². The molecule has 0 unspecified atom stereocenters. The van der Waals surface area contributed by atoms with Crippen LogP contribution in [0.3, 0.4) is 0 Å². The number of carbonyl (C=O) groups excluding carboxylic acids is 1. The van der Waals surface area contributed by atoms with Crippen molar-refractivity contribution < 1.29 is 19.0 Å². The van der Waals surface area contributed by atoms with E-state index < -0.39 is 6.09 Å². The number of methoxy groups -OCH3 is 1. The molecule has 21 heavy (non-hydrogen) atoms. The van der Waals surface area contributed by atoms with Crippen LogP contribution in [0.25, 0.3) is 10.8 Å². The van der Waals surface area contributed by atoms with Gasteiger partial charge in [0.05, 0.1) is 13.7 Å². The Balaban J connectivity index is 2.59. The van der Waals surface area contributed by atoms with Crippen molar-refractivity contribution in [3.8, 4) is 17.2 Å². The Labute approximate surface area is 123 Å². The van der Waals surface area contributed by atoms with Gasteiger partial charge in [-0.1, -0.05) is 31.2 Å². The molecule has 0 radical (unpaired) electrons. The molecule has 0 saturated heterocycles. The van der Waals surface area contributed by atoms with E-state index >= 15 is 0 Å². The molecular formula is C16H19NO4. The third-order valence-corrected chi connectivity index (χ3v) is 3.00. The lowest BCUT2D eigenvalue weighted by atomic mass is 10.1. The number of hydrogen-bond acceptors (Lipinski definition) is 4. The molecule has 2 rings (SSSR count). The molecule has 0 atom stereocenters. The summed E-state index contributed by atoms with van der Waals surface area (Å²) in [7, 11) is 3.04. The van der Waals surface area contributed by atoms with Crippen LogP contribution in [0.2, 0.25) is 0 Å². The Morgan fingerprint density at radius 3 is 2.52 bits per heavy atom. The second kappa shape index (κ2) is 6.83. The molecule has 0 aromatic heterocycles. The SMILES string of the molecule is CCCOc1cc(OC)c(OC(=O)NC)c2ccccc12. The highest BCUT2D eigenvalue weighted by atomic mass is 16.6. The third-order valence-electron chi connectivity index (χ3n) is 3.00. The van der Waals surface area contributed by atoms with E-state index in [-0.39, 0.29) is 0 Å². The van der Waals surface area contributed by atoms with E-state index in [1.54, 1.807) is 6.07 Å². The number of fused-ring (bicyclic) bond motifs is 1. The average molecular weight is 289 g/mol. The van der Waals surface area contributed by atoms with E-state index in [0.717, 1.165) is 17.2 Å². The van der Waals surface area contributed by atoms with Crippen LogP contribution in [0.1, 0.15) is 13.3 Å². The zero-order valence-electron chi connectivity index (χ0n) is 12.4. The number of ether oxygens (including phenoxy) is 3. The van der Waals surface area contributed by atoms with Gasteiger partial charge in [-0.05, 0) is 6.42 Å². The van der Waals surface area contributed by atoms with Crippen LogP contribution < -0.4 is 19.5 Å². The molecule has 0 saturated carbocycles. The molecule has 0 heterocycles. The summed E-state index contributed by atoms with van der Waals surface area (Å²) in [6, 6.07) is 9.33. The highest BCUT2D eigenvalue weighted by Gasteiger charge is 2.17. The summed E-state index contributed by atoms with van der Waals surface area (Å²) in [6.07, 6.45) is 0.369. The summed E-state index contributed by atoms with van der Waals surface area (Å²) in [4.78, 5) is 11.5. The number of rotatable bonds is 5. The molecule has 1 N–H and O–H groups in total. The predicted molar refractivity (Wildman–Crippen MR) is 81.4 cm³/mol. The Morgan fingerprint density at radius 2 is 1.90 bits per heavy atom. The zero-order valence-corrected chi connectivity index (χ0v) is 12.4. The minimum absolute atomic E-state index is 0.385. The number of carbonyl (C=O) groups is 1. The number of benzene rings is 2. The van der Waals surface area contributed by atoms with Gasteiger partial charge in [-0.15, -0.1) is 0 Å². The van der Waals surface area contributed by atoms with E-state index in [2.05, 4.69) is 5.32 Å². The van der Waals surface area contributed by atoms with Crippen molar-refractivity contribution in [2.75, 3.05) is 20.8 Å². The molecule has 5 heteroatoms.